The van der Waals surface area contributed by atoms with Gasteiger partial charge in [0.05, 0.1) is 12.0 Å². The van der Waals surface area contributed by atoms with E-state index in [1.165, 1.54) is 0 Å². The fourth-order valence-corrected chi connectivity index (χ4v) is 1.44. The molecule has 9 heavy (non-hydrogen) atoms. The molecule has 0 aromatic carbocycles. The number of rotatable bonds is 2. The maximum atomic E-state index is 8.93. The zero-order valence-corrected chi connectivity index (χ0v) is 5.50. The Kier molecular flexibility index (Phi) is 0.928. The van der Waals surface area contributed by atoms with E-state index in [9.17, 15) is 0 Å². The van der Waals surface area contributed by atoms with Crippen LogP contribution in [0.15, 0.2) is 0 Å². The van der Waals surface area contributed by atoms with Crippen LogP contribution < -0.4 is 0 Å². The molecular formula is C6H11NO2. The lowest BCUT2D eigenvalue weighted by Gasteiger charge is -2.34. The highest BCUT2D eigenvalue weighted by molar-refractivity contribution is 5.01. The highest BCUT2D eigenvalue weighted by Crippen LogP contribution is 2.51. The van der Waals surface area contributed by atoms with Crippen LogP contribution in [0.4, 0.5) is 0 Å². The number of aliphatic hydroxyl groups is 1. The second kappa shape index (κ2) is 1.48. The van der Waals surface area contributed by atoms with Crippen molar-refractivity contribution in [3.05, 3.63) is 0 Å². The first-order valence-corrected chi connectivity index (χ1v) is 3.37. The zero-order chi connectivity index (χ0) is 6.48. The van der Waals surface area contributed by atoms with Crippen molar-refractivity contribution in [2.75, 3.05) is 13.2 Å². The van der Waals surface area contributed by atoms with E-state index in [1.54, 1.807) is 0 Å². The third-order valence-corrected chi connectivity index (χ3v) is 2.46. The number of hydroxylamine groups is 2. The number of nitrogens with zero attached hydrogens (tertiary/aromatic N) is 1. The molecule has 2 fully saturated rings. The first-order chi connectivity index (χ1) is 4.32. The lowest BCUT2D eigenvalue weighted by molar-refractivity contribution is 0.0256. The molecule has 0 bridgehead atoms. The molecule has 52 valence electrons. The maximum Gasteiger partial charge on any atom is 0.163 e. The monoisotopic (exact) mass is 129 g/mol. The molecule has 2 aliphatic heterocycles. The van der Waals surface area contributed by atoms with Crippen molar-refractivity contribution in [2.24, 2.45) is 5.41 Å². The van der Waals surface area contributed by atoms with Gasteiger partial charge < -0.3 is 5.11 Å². The van der Waals surface area contributed by atoms with Crippen molar-refractivity contribution in [1.29, 1.82) is 0 Å². The van der Waals surface area contributed by atoms with Crippen LogP contribution in [0.5, 0.6) is 0 Å². The van der Waals surface area contributed by atoms with Gasteiger partial charge in [0.15, 0.2) is 6.23 Å². The lowest BCUT2D eigenvalue weighted by atomic mass is 9.80. The summed E-state index contributed by atoms with van der Waals surface area (Å²) >= 11 is 0. The van der Waals surface area contributed by atoms with Crippen molar-refractivity contribution in [1.82, 2.24) is 5.06 Å². The summed E-state index contributed by atoms with van der Waals surface area (Å²) in [6.45, 7) is 3.28. The van der Waals surface area contributed by atoms with Crippen LogP contribution in [0.1, 0.15) is 13.3 Å². The predicted molar refractivity (Wildman–Crippen MR) is 31.4 cm³/mol. The minimum absolute atomic E-state index is 0.0972. The molecular weight excluding hydrogens is 118 g/mol. The summed E-state index contributed by atoms with van der Waals surface area (Å²) in [5.41, 5.74) is 0.0972. The molecule has 3 nitrogen and oxygen atoms in total. The summed E-state index contributed by atoms with van der Waals surface area (Å²) in [7, 11) is 0. The summed E-state index contributed by atoms with van der Waals surface area (Å²) < 4.78 is 0. The lowest BCUT2D eigenvalue weighted by Crippen LogP contribution is -2.48. The highest BCUT2D eigenvalue weighted by Gasteiger charge is 2.64. The van der Waals surface area contributed by atoms with E-state index in [1.807, 2.05) is 5.06 Å². The molecule has 1 N–H and O–H groups in total. The van der Waals surface area contributed by atoms with Crippen molar-refractivity contribution in [2.45, 2.75) is 19.6 Å². The predicted octanol–water partition coefficient (Wildman–Crippen LogP) is -0.0380. The second-order valence-corrected chi connectivity index (χ2v) is 2.91. The normalized spacial score (nSPS) is 54.0. The molecule has 0 radical (unpaired) electrons. The molecule has 2 aliphatic rings. The Bertz CT molecular complexity index is 133. The van der Waals surface area contributed by atoms with Gasteiger partial charge in [0.1, 0.15) is 0 Å². The van der Waals surface area contributed by atoms with Gasteiger partial charge in [-0.1, -0.05) is 6.92 Å². The summed E-state index contributed by atoms with van der Waals surface area (Å²) in [6, 6.07) is 0. The summed E-state index contributed by atoms with van der Waals surface area (Å²) in [5.74, 6) is 0. The quantitative estimate of drug-likeness (QED) is 0.531. The molecule has 0 saturated carbocycles. The Morgan fingerprint density at radius 2 is 2.67 bits per heavy atom. The minimum Gasteiger partial charge on any atom is -0.396 e. The summed E-state index contributed by atoms with van der Waals surface area (Å²) in [4.78, 5) is 5.10. The van der Waals surface area contributed by atoms with Crippen LogP contribution >= 0.6 is 0 Å². The standard InChI is InChI=1S/C6H11NO2/c1-2-6(4-8)3-7-5(6)9-7/h5,8H,2-4H2,1H3. The van der Waals surface area contributed by atoms with E-state index < -0.39 is 0 Å². The average molecular weight is 129 g/mol. The Balaban J connectivity index is 2.04. The molecule has 3 unspecified atom stereocenters. The largest absolute Gasteiger partial charge is 0.396 e. The van der Waals surface area contributed by atoms with Gasteiger partial charge in [0.2, 0.25) is 0 Å². The third-order valence-electron chi connectivity index (χ3n) is 2.46. The first kappa shape index (κ1) is 5.65. The van der Waals surface area contributed by atoms with Gasteiger partial charge in [0, 0.05) is 6.54 Å². The molecule has 3 heteroatoms. The van der Waals surface area contributed by atoms with Crippen LogP contribution in [-0.2, 0) is 4.84 Å². The fourth-order valence-electron chi connectivity index (χ4n) is 1.44. The first-order valence-electron chi connectivity index (χ1n) is 3.37. The number of hydrogen-bond acceptors (Lipinski definition) is 3. The molecule has 0 aliphatic carbocycles. The van der Waals surface area contributed by atoms with Gasteiger partial charge in [-0.2, -0.15) is 5.06 Å². The molecule has 0 aromatic rings. The van der Waals surface area contributed by atoms with Crippen LogP contribution in [0.25, 0.3) is 0 Å². The SMILES string of the molecule is CCC1(CO)CN2OC21. The van der Waals surface area contributed by atoms with E-state index in [-0.39, 0.29) is 18.2 Å². The Morgan fingerprint density at radius 3 is 2.78 bits per heavy atom. The van der Waals surface area contributed by atoms with Crippen molar-refractivity contribution < 1.29 is 9.94 Å². The van der Waals surface area contributed by atoms with Crippen LogP contribution in [-0.4, -0.2) is 29.5 Å². The van der Waals surface area contributed by atoms with Crippen LogP contribution in [0.3, 0.4) is 0 Å². The molecule has 0 spiro atoms. The number of aliphatic hydroxyl groups excluding tert-OH is 1. The van der Waals surface area contributed by atoms with E-state index in [0.717, 1.165) is 13.0 Å². The average Bonchev–Trinajstić information content (AvgIpc) is 2.48. The van der Waals surface area contributed by atoms with Gasteiger partial charge in [-0.05, 0) is 6.42 Å². The smallest absolute Gasteiger partial charge is 0.163 e. The Hall–Kier alpha value is -0.120. The van der Waals surface area contributed by atoms with E-state index in [2.05, 4.69) is 6.92 Å². The summed E-state index contributed by atoms with van der Waals surface area (Å²) in [6.07, 6.45) is 1.28. The van der Waals surface area contributed by atoms with Gasteiger partial charge in [-0.3, -0.25) is 4.84 Å². The molecule has 3 atom stereocenters. The van der Waals surface area contributed by atoms with Gasteiger partial charge in [0.25, 0.3) is 0 Å². The minimum atomic E-state index is 0.0972. The van der Waals surface area contributed by atoms with Crippen molar-refractivity contribution in [3.8, 4) is 0 Å². The molecule has 0 amide bonds. The second-order valence-electron chi connectivity index (χ2n) is 2.91. The van der Waals surface area contributed by atoms with Crippen molar-refractivity contribution in [3.63, 3.8) is 0 Å². The zero-order valence-electron chi connectivity index (χ0n) is 5.50. The van der Waals surface area contributed by atoms with Crippen LogP contribution in [0.2, 0.25) is 0 Å². The topological polar surface area (TPSA) is 35.8 Å². The molecule has 2 heterocycles. The Labute approximate surface area is 54.2 Å². The van der Waals surface area contributed by atoms with Crippen LogP contribution in [0, 0.1) is 5.41 Å². The van der Waals surface area contributed by atoms with Gasteiger partial charge in [-0.15, -0.1) is 0 Å². The maximum absolute atomic E-state index is 8.93. The van der Waals surface area contributed by atoms with E-state index in [0.29, 0.717) is 0 Å². The van der Waals surface area contributed by atoms with E-state index in [4.69, 9.17) is 9.94 Å². The Morgan fingerprint density at radius 1 is 1.89 bits per heavy atom. The molecule has 2 saturated heterocycles. The van der Waals surface area contributed by atoms with Gasteiger partial charge >= 0.3 is 0 Å². The number of hydrogen-bond donors (Lipinski definition) is 1. The number of fused-ring (bicyclic) bond motifs is 1. The van der Waals surface area contributed by atoms with Crippen molar-refractivity contribution >= 4 is 0 Å². The molecule has 0 aromatic heterocycles. The van der Waals surface area contributed by atoms with E-state index >= 15 is 0 Å². The van der Waals surface area contributed by atoms with Gasteiger partial charge in [-0.25, -0.2) is 0 Å². The summed E-state index contributed by atoms with van der Waals surface area (Å²) in [5, 5.41) is 10.8. The third kappa shape index (κ3) is 0.520. The highest BCUT2D eigenvalue weighted by atomic mass is 16.8. The fraction of sp³-hybridized carbons (Fsp3) is 1.00. The molecule has 2 rings (SSSR count).